The fraction of sp³-hybridized carbons (Fsp3) is 0.400. The number of pyridine rings is 1. The van der Waals surface area contributed by atoms with Gasteiger partial charge in [0.2, 0.25) is 11.8 Å². The summed E-state index contributed by atoms with van der Waals surface area (Å²) in [5.41, 5.74) is 5.66. The van der Waals surface area contributed by atoms with E-state index in [2.05, 4.69) is 15.0 Å². The molecule has 0 aliphatic heterocycles. The number of aromatic nitrogens is 1. The lowest BCUT2D eigenvalue weighted by Crippen LogP contribution is -2.32. The molecule has 0 aliphatic carbocycles. The summed E-state index contributed by atoms with van der Waals surface area (Å²) in [5, 5.41) is 2.44. The number of carbonyl (C=O) groups excluding carboxylic acids is 1. The van der Waals surface area contributed by atoms with Crippen LogP contribution in [0.1, 0.15) is 6.92 Å². The number of nitrogens with two attached hydrogens (primary N) is 1. The van der Waals surface area contributed by atoms with Gasteiger partial charge in [0.15, 0.2) is 6.61 Å². The lowest BCUT2D eigenvalue weighted by Gasteiger charge is -2.10. The van der Waals surface area contributed by atoms with E-state index >= 15 is 0 Å². The Labute approximate surface area is 125 Å². The van der Waals surface area contributed by atoms with Gasteiger partial charge in [-0.2, -0.15) is 13.2 Å². The molecule has 5 nitrogen and oxygen atoms in total. The van der Waals surface area contributed by atoms with Crippen LogP contribution in [0.5, 0.6) is 5.88 Å². The number of rotatable bonds is 4. The van der Waals surface area contributed by atoms with Crippen molar-refractivity contribution in [1.29, 1.82) is 0 Å². The number of ether oxygens (including phenoxy) is 1. The fourth-order valence-electron chi connectivity index (χ4n) is 0.951. The minimum Gasteiger partial charge on any atom is -0.468 e. The molecular formula is C10H14Cl2F3N3O2. The van der Waals surface area contributed by atoms with Gasteiger partial charge in [-0.1, -0.05) is 0 Å². The second-order valence-corrected chi connectivity index (χ2v) is 3.57. The molecule has 1 atom stereocenters. The van der Waals surface area contributed by atoms with Gasteiger partial charge in [-0.05, 0) is 13.0 Å². The number of anilines is 1. The first kappa shape index (κ1) is 21.1. The highest BCUT2D eigenvalue weighted by Crippen LogP contribution is 2.17. The van der Waals surface area contributed by atoms with Crippen LogP contribution in [0, 0.1) is 0 Å². The zero-order valence-corrected chi connectivity index (χ0v) is 11.9. The van der Waals surface area contributed by atoms with Gasteiger partial charge in [0, 0.05) is 6.07 Å². The molecule has 20 heavy (non-hydrogen) atoms. The quantitative estimate of drug-likeness (QED) is 0.883. The zero-order chi connectivity index (χ0) is 13.8. The molecule has 0 radical (unpaired) electrons. The van der Waals surface area contributed by atoms with E-state index in [0.29, 0.717) is 5.69 Å². The van der Waals surface area contributed by atoms with Gasteiger partial charge in [0.25, 0.3) is 0 Å². The molecule has 0 bridgehead atoms. The Kier molecular flexibility index (Phi) is 9.29. The zero-order valence-electron chi connectivity index (χ0n) is 10.3. The number of alkyl halides is 3. The molecule has 1 heterocycles. The maximum absolute atomic E-state index is 11.9. The highest BCUT2D eigenvalue weighted by molar-refractivity contribution is 5.94. The topological polar surface area (TPSA) is 77.2 Å². The second kappa shape index (κ2) is 8.83. The van der Waals surface area contributed by atoms with E-state index in [1.807, 2.05) is 0 Å². The number of nitrogens with one attached hydrogen (secondary N) is 1. The lowest BCUT2D eigenvalue weighted by molar-refractivity contribution is -0.154. The van der Waals surface area contributed by atoms with Gasteiger partial charge in [-0.15, -0.1) is 24.8 Å². The van der Waals surface area contributed by atoms with Gasteiger partial charge in [-0.25, -0.2) is 4.98 Å². The van der Waals surface area contributed by atoms with Crippen LogP contribution < -0.4 is 15.8 Å². The predicted molar refractivity (Wildman–Crippen MR) is 72.6 cm³/mol. The summed E-state index contributed by atoms with van der Waals surface area (Å²) in [6.07, 6.45) is -3.23. The minimum absolute atomic E-state index is 0. The summed E-state index contributed by atoms with van der Waals surface area (Å²) in [6.45, 7) is 0.0924. The number of amides is 1. The largest absolute Gasteiger partial charge is 0.468 e. The summed E-state index contributed by atoms with van der Waals surface area (Å²) >= 11 is 0. The fourth-order valence-corrected chi connectivity index (χ4v) is 0.951. The SMILES string of the molecule is C[C@H](N)C(=O)Nc1ccc(OCC(F)(F)F)nc1.Cl.Cl. The maximum atomic E-state index is 11.9. The van der Waals surface area contributed by atoms with Crippen molar-refractivity contribution in [3.63, 3.8) is 0 Å². The number of hydrogen-bond acceptors (Lipinski definition) is 4. The van der Waals surface area contributed by atoms with Crippen LogP contribution in [0.25, 0.3) is 0 Å². The molecule has 0 spiro atoms. The minimum atomic E-state index is -4.41. The van der Waals surface area contributed by atoms with Crippen LogP contribution in [0.2, 0.25) is 0 Å². The number of carbonyl (C=O) groups is 1. The lowest BCUT2D eigenvalue weighted by atomic mass is 10.3. The van der Waals surface area contributed by atoms with Crippen molar-refractivity contribution in [2.24, 2.45) is 5.73 Å². The average molecular weight is 336 g/mol. The third-order valence-corrected chi connectivity index (χ3v) is 1.80. The van der Waals surface area contributed by atoms with Crippen LogP contribution >= 0.6 is 24.8 Å². The first-order valence-electron chi connectivity index (χ1n) is 5.00. The molecule has 3 N–H and O–H groups in total. The van der Waals surface area contributed by atoms with E-state index in [0.717, 1.165) is 0 Å². The Morgan fingerprint density at radius 1 is 1.45 bits per heavy atom. The average Bonchev–Trinajstić information content (AvgIpc) is 2.27. The van der Waals surface area contributed by atoms with Crippen molar-refractivity contribution >= 4 is 36.4 Å². The monoisotopic (exact) mass is 335 g/mol. The Balaban J connectivity index is 0. The van der Waals surface area contributed by atoms with Crippen molar-refractivity contribution < 1.29 is 22.7 Å². The van der Waals surface area contributed by atoms with Crippen LogP contribution in [-0.2, 0) is 4.79 Å². The van der Waals surface area contributed by atoms with Crippen LogP contribution in [0.15, 0.2) is 18.3 Å². The Morgan fingerprint density at radius 3 is 2.45 bits per heavy atom. The third-order valence-electron chi connectivity index (χ3n) is 1.80. The van der Waals surface area contributed by atoms with Crippen molar-refractivity contribution in [3.05, 3.63) is 18.3 Å². The summed E-state index contributed by atoms with van der Waals surface area (Å²) in [7, 11) is 0. The third kappa shape index (κ3) is 8.03. The predicted octanol–water partition coefficient (Wildman–Crippen LogP) is 2.15. The van der Waals surface area contributed by atoms with Crippen LogP contribution in [0.4, 0.5) is 18.9 Å². The first-order chi connectivity index (χ1) is 8.28. The van der Waals surface area contributed by atoms with Gasteiger partial charge < -0.3 is 15.8 Å². The van der Waals surface area contributed by atoms with Crippen molar-refractivity contribution in [1.82, 2.24) is 4.98 Å². The molecule has 10 heteroatoms. The maximum Gasteiger partial charge on any atom is 0.422 e. The smallest absolute Gasteiger partial charge is 0.422 e. The molecule has 0 fully saturated rings. The highest BCUT2D eigenvalue weighted by atomic mass is 35.5. The molecule has 1 aromatic rings. The number of halogens is 5. The molecule has 116 valence electrons. The van der Waals surface area contributed by atoms with E-state index in [1.165, 1.54) is 25.3 Å². The highest BCUT2D eigenvalue weighted by Gasteiger charge is 2.28. The molecular weight excluding hydrogens is 322 g/mol. The normalized spacial score (nSPS) is 11.7. The van der Waals surface area contributed by atoms with E-state index in [4.69, 9.17) is 5.73 Å². The van der Waals surface area contributed by atoms with Crippen molar-refractivity contribution in [2.45, 2.75) is 19.1 Å². The summed E-state index contributed by atoms with van der Waals surface area (Å²) in [6, 6.07) is 1.91. The molecule has 1 aromatic heterocycles. The molecule has 0 aliphatic rings. The molecule has 1 amide bonds. The number of hydrogen-bond donors (Lipinski definition) is 2. The Morgan fingerprint density at radius 2 is 2.05 bits per heavy atom. The molecule has 0 saturated heterocycles. The Hall–Kier alpha value is -1.25. The van der Waals surface area contributed by atoms with E-state index in [-0.39, 0.29) is 30.7 Å². The molecule has 0 unspecified atom stereocenters. The van der Waals surface area contributed by atoms with Gasteiger partial charge in [-0.3, -0.25) is 4.79 Å². The summed E-state index contributed by atoms with van der Waals surface area (Å²) in [4.78, 5) is 14.8. The summed E-state index contributed by atoms with van der Waals surface area (Å²) in [5.74, 6) is -0.591. The standard InChI is InChI=1S/C10H12F3N3O2.2ClH/c1-6(14)9(17)16-7-2-3-8(15-4-7)18-5-10(11,12)13;;/h2-4,6H,5,14H2,1H3,(H,16,17);2*1H/t6-;;/m0../s1. The van der Waals surface area contributed by atoms with Gasteiger partial charge >= 0.3 is 6.18 Å². The molecule has 1 rings (SSSR count). The van der Waals surface area contributed by atoms with E-state index in [1.54, 1.807) is 0 Å². The van der Waals surface area contributed by atoms with E-state index in [9.17, 15) is 18.0 Å². The van der Waals surface area contributed by atoms with Crippen molar-refractivity contribution in [2.75, 3.05) is 11.9 Å². The van der Waals surface area contributed by atoms with E-state index < -0.39 is 24.7 Å². The Bertz CT molecular complexity index is 413. The van der Waals surface area contributed by atoms with Gasteiger partial charge in [0.1, 0.15) is 0 Å². The molecule has 0 saturated carbocycles. The van der Waals surface area contributed by atoms with Gasteiger partial charge in [0.05, 0.1) is 17.9 Å². The molecule has 0 aromatic carbocycles. The summed E-state index contributed by atoms with van der Waals surface area (Å²) < 4.78 is 40.0. The number of nitrogens with zero attached hydrogens (tertiary/aromatic N) is 1. The van der Waals surface area contributed by atoms with Crippen LogP contribution in [-0.4, -0.2) is 29.7 Å². The van der Waals surface area contributed by atoms with Crippen LogP contribution in [0.3, 0.4) is 0 Å². The second-order valence-electron chi connectivity index (χ2n) is 3.57. The van der Waals surface area contributed by atoms with Crippen molar-refractivity contribution in [3.8, 4) is 5.88 Å². The first-order valence-corrected chi connectivity index (χ1v) is 5.00.